The van der Waals surface area contributed by atoms with E-state index in [-0.39, 0.29) is 0 Å². The molecule has 0 aliphatic carbocycles. The van der Waals surface area contributed by atoms with Crippen LogP contribution >= 0.6 is 11.6 Å². The summed E-state index contributed by atoms with van der Waals surface area (Å²) in [4.78, 5) is 21.7. The molecule has 0 bridgehead atoms. The first-order valence-electron chi connectivity index (χ1n) is 5.61. The molecule has 0 saturated carbocycles. The molecule has 0 aromatic heterocycles. The number of halogens is 1. The van der Waals surface area contributed by atoms with Gasteiger partial charge in [-0.15, -0.1) is 0 Å². The average molecular weight is 284 g/mol. The van der Waals surface area contributed by atoms with Gasteiger partial charge in [-0.25, -0.2) is 4.79 Å². The molecule has 0 saturated heterocycles. The van der Waals surface area contributed by atoms with Crippen molar-refractivity contribution >= 4 is 29.6 Å². The molecule has 1 amide bonds. The molecule has 5 nitrogen and oxygen atoms in total. The Morgan fingerprint density at radius 3 is 2.74 bits per heavy atom. The van der Waals surface area contributed by atoms with Crippen LogP contribution in [-0.4, -0.2) is 23.1 Å². The first kappa shape index (κ1) is 15.0. The van der Waals surface area contributed by atoms with Crippen LogP contribution in [0, 0.1) is 0 Å². The van der Waals surface area contributed by atoms with E-state index in [9.17, 15) is 9.59 Å². The number of carbonyl (C=O) groups is 2. The molecule has 6 heteroatoms. The van der Waals surface area contributed by atoms with Gasteiger partial charge < -0.3 is 15.6 Å². The second kappa shape index (κ2) is 6.80. The van der Waals surface area contributed by atoms with Crippen molar-refractivity contribution in [3.63, 3.8) is 0 Å². The molecule has 0 fully saturated rings. The molecular formula is C13H14ClNO4. The quantitative estimate of drug-likeness (QED) is 0.782. The lowest BCUT2D eigenvalue weighted by Gasteiger charge is -2.16. The van der Waals surface area contributed by atoms with E-state index in [0.717, 1.165) is 6.08 Å². The van der Waals surface area contributed by atoms with Crippen LogP contribution in [0.2, 0.25) is 5.02 Å². The number of hydrogen-bond donors (Lipinski definition) is 2. The van der Waals surface area contributed by atoms with Crippen LogP contribution in [0.25, 0.3) is 6.08 Å². The smallest absolute Gasteiger partial charge is 0.328 e. The average Bonchev–Trinajstić information content (AvgIpc) is 2.34. The van der Waals surface area contributed by atoms with Crippen molar-refractivity contribution in [3.05, 3.63) is 34.9 Å². The van der Waals surface area contributed by atoms with Gasteiger partial charge >= 0.3 is 5.97 Å². The van der Waals surface area contributed by atoms with Crippen LogP contribution in [0.3, 0.4) is 0 Å². The second-order valence-electron chi connectivity index (χ2n) is 3.74. The molecule has 0 aliphatic heterocycles. The van der Waals surface area contributed by atoms with Crippen molar-refractivity contribution in [3.8, 4) is 5.75 Å². The minimum Gasteiger partial charge on any atom is -0.480 e. The van der Waals surface area contributed by atoms with Gasteiger partial charge in [-0.2, -0.15) is 0 Å². The Kier molecular flexibility index (Phi) is 5.38. The summed E-state index contributed by atoms with van der Waals surface area (Å²) in [6, 6.07) is 4.84. The number of carboxylic acids is 1. The van der Waals surface area contributed by atoms with Gasteiger partial charge in [-0.05, 0) is 24.6 Å². The van der Waals surface area contributed by atoms with Crippen molar-refractivity contribution in [1.29, 1.82) is 0 Å². The van der Waals surface area contributed by atoms with Crippen LogP contribution in [-0.2, 0) is 9.59 Å². The Balaban J connectivity index is 3.10. The number of carboxylic acid groups (broad SMARTS) is 1. The van der Waals surface area contributed by atoms with Gasteiger partial charge in [0.1, 0.15) is 5.75 Å². The first-order valence-corrected chi connectivity index (χ1v) is 5.99. The standard InChI is InChI=1S/C13H14ClNO4/c1-2-10(13(15)18)19-11-5-3-4-9(14)8(11)6-7-12(16)17/h3-7,10H,2H2,1H3,(H2,15,18)(H,16,17)/b7-6+. The molecule has 1 aromatic carbocycles. The number of rotatable bonds is 6. The zero-order chi connectivity index (χ0) is 14.4. The summed E-state index contributed by atoms with van der Waals surface area (Å²) in [6.45, 7) is 1.76. The lowest BCUT2D eigenvalue weighted by molar-refractivity contribution is -0.131. The zero-order valence-corrected chi connectivity index (χ0v) is 11.1. The SMILES string of the molecule is CCC(Oc1cccc(Cl)c1/C=C/C(=O)O)C(N)=O. The van der Waals surface area contributed by atoms with Gasteiger partial charge in [0.2, 0.25) is 0 Å². The molecule has 1 atom stereocenters. The topological polar surface area (TPSA) is 89.6 Å². The number of primary amides is 1. The van der Waals surface area contributed by atoms with Gasteiger partial charge in [0.05, 0.1) is 5.02 Å². The Labute approximate surface area is 115 Å². The normalized spacial score (nSPS) is 12.3. The van der Waals surface area contributed by atoms with E-state index in [2.05, 4.69) is 0 Å². The fraction of sp³-hybridized carbons (Fsp3) is 0.231. The van der Waals surface area contributed by atoms with Crippen molar-refractivity contribution < 1.29 is 19.4 Å². The fourth-order valence-corrected chi connectivity index (χ4v) is 1.66. The number of carbonyl (C=O) groups excluding carboxylic acids is 1. The monoisotopic (exact) mass is 283 g/mol. The molecule has 0 heterocycles. The molecule has 1 unspecified atom stereocenters. The van der Waals surface area contributed by atoms with E-state index in [1.165, 1.54) is 6.08 Å². The summed E-state index contributed by atoms with van der Waals surface area (Å²) in [7, 11) is 0. The fourth-order valence-electron chi connectivity index (χ4n) is 1.43. The Morgan fingerprint density at radius 2 is 2.21 bits per heavy atom. The Bertz CT molecular complexity index is 513. The van der Waals surface area contributed by atoms with E-state index in [1.54, 1.807) is 25.1 Å². The number of nitrogens with two attached hydrogens (primary N) is 1. The highest BCUT2D eigenvalue weighted by molar-refractivity contribution is 6.32. The van der Waals surface area contributed by atoms with Crippen LogP contribution in [0.4, 0.5) is 0 Å². The maximum atomic E-state index is 11.1. The van der Waals surface area contributed by atoms with Gasteiger partial charge in [0.15, 0.2) is 6.10 Å². The minimum absolute atomic E-state index is 0.315. The highest BCUT2D eigenvalue weighted by Crippen LogP contribution is 2.28. The van der Waals surface area contributed by atoms with Crippen molar-refractivity contribution in [2.75, 3.05) is 0 Å². The first-order chi connectivity index (χ1) is 8.95. The highest BCUT2D eigenvalue weighted by atomic mass is 35.5. The molecule has 0 aliphatic rings. The molecular weight excluding hydrogens is 270 g/mol. The third kappa shape index (κ3) is 4.30. The molecule has 19 heavy (non-hydrogen) atoms. The van der Waals surface area contributed by atoms with Crippen LogP contribution < -0.4 is 10.5 Å². The lowest BCUT2D eigenvalue weighted by Crippen LogP contribution is -2.33. The molecule has 102 valence electrons. The summed E-state index contributed by atoms with van der Waals surface area (Å²) >= 11 is 5.98. The summed E-state index contributed by atoms with van der Waals surface area (Å²) in [5, 5.41) is 8.96. The van der Waals surface area contributed by atoms with Crippen LogP contribution in [0.15, 0.2) is 24.3 Å². The second-order valence-corrected chi connectivity index (χ2v) is 4.15. The number of benzene rings is 1. The van der Waals surface area contributed by atoms with Crippen molar-refractivity contribution in [1.82, 2.24) is 0 Å². The largest absolute Gasteiger partial charge is 0.480 e. The summed E-state index contributed by atoms with van der Waals surface area (Å²) < 4.78 is 5.47. The van der Waals surface area contributed by atoms with Gasteiger partial charge in [0.25, 0.3) is 5.91 Å². The molecule has 1 rings (SSSR count). The maximum Gasteiger partial charge on any atom is 0.328 e. The van der Waals surface area contributed by atoms with E-state index >= 15 is 0 Å². The molecule has 0 radical (unpaired) electrons. The molecule has 0 spiro atoms. The number of hydrogen-bond acceptors (Lipinski definition) is 3. The zero-order valence-electron chi connectivity index (χ0n) is 10.3. The predicted octanol–water partition coefficient (Wildman–Crippen LogP) is 2.08. The summed E-state index contributed by atoms with van der Waals surface area (Å²) in [5.41, 5.74) is 5.59. The van der Waals surface area contributed by atoms with Crippen LogP contribution in [0.5, 0.6) is 5.75 Å². The number of ether oxygens (including phenoxy) is 1. The minimum atomic E-state index is -1.10. The van der Waals surface area contributed by atoms with E-state index in [1.807, 2.05) is 0 Å². The highest BCUT2D eigenvalue weighted by Gasteiger charge is 2.16. The maximum absolute atomic E-state index is 11.1. The summed E-state index contributed by atoms with van der Waals surface area (Å²) in [5.74, 6) is -1.38. The Morgan fingerprint density at radius 1 is 1.53 bits per heavy atom. The number of aliphatic carboxylic acids is 1. The van der Waals surface area contributed by atoms with E-state index in [0.29, 0.717) is 22.8 Å². The Hall–Kier alpha value is -2.01. The van der Waals surface area contributed by atoms with E-state index in [4.69, 9.17) is 27.2 Å². The van der Waals surface area contributed by atoms with Crippen molar-refractivity contribution in [2.45, 2.75) is 19.4 Å². The number of amides is 1. The molecule has 1 aromatic rings. The van der Waals surface area contributed by atoms with E-state index < -0.39 is 18.0 Å². The predicted molar refractivity (Wildman–Crippen MR) is 72.0 cm³/mol. The third-order valence-electron chi connectivity index (χ3n) is 2.36. The third-order valence-corrected chi connectivity index (χ3v) is 2.69. The van der Waals surface area contributed by atoms with Gasteiger partial charge in [-0.1, -0.05) is 24.6 Å². The lowest BCUT2D eigenvalue weighted by atomic mass is 10.1. The van der Waals surface area contributed by atoms with Gasteiger partial charge in [-0.3, -0.25) is 4.79 Å². The molecule has 3 N–H and O–H groups in total. The van der Waals surface area contributed by atoms with Crippen LogP contribution in [0.1, 0.15) is 18.9 Å². The van der Waals surface area contributed by atoms with Crippen molar-refractivity contribution in [2.24, 2.45) is 5.73 Å². The summed E-state index contributed by atoms with van der Waals surface area (Å²) in [6.07, 6.45) is 1.88. The van der Waals surface area contributed by atoms with Gasteiger partial charge in [0, 0.05) is 11.6 Å².